The smallest absolute Gasteiger partial charge is 0.154 e. The minimum absolute atomic E-state index is 0.190. The van der Waals surface area contributed by atoms with Crippen molar-refractivity contribution >= 4 is 9.84 Å². The van der Waals surface area contributed by atoms with Gasteiger partial charge in [0, 0.05) is 19.1 Å². The van der Waals surface area contributed by atoms with Gasteiger partial charge in [0.05, 0.1) is 11.0 Å². The molecule has 3 N–H and O–H groups in total. The molecular formula is C9H20N2O2S. The number of nitrogens with two attached hydrogens (primary N) is 1. The molecule has 14 heavy (non-hydrogen) atoms. The molecular weight excluding hydrogens is 200 g/mol. The van der Waals surface area contributed by atoms with E-state index in [4.69, 9.17) is 5.73 Å². The highest BCUT2D eigenvalue weighted by Crippen LogP contribution is 2.18. The van der Waals surface area contributed by atoms with Crippen molar-refractivity contribution in [2.24, 2.45) is 5.73 Å². The van der Waals surface area contributed by atoms with Crippen LogP contribution in [0.3, 0.4) is 0 Å². The summed E-state index contributed by atoms with van der Waals surface area (Å²) in [5.74, 6) is 0.357. The van der Waals surface area contributed by atoms with Crippen LogP contribution in [-0.2, 0) is 9.84 Å². The van der Waals surface area contributed by atoms with Crippen LogP contribution in [0, 0.1) is 0 Å². The summed E-state index contributed by atoms with van der Waals surface area (Å²) in [6.45, 7) is 3.07. The predicted octanol–water partition coefficient (Wildman–Crippen LogP) is -0.109. The van der Waals surface area contributed by atoms with Crippen LogP contribution in [0.5, 0.6) is 0 Å². The van der Waals surface area contributed by atoms with Crippen molar-refractivity contribution in [1.82, 2.24) is 5.32 Å². The Morgan fingerprint density at radius 3 is 2.79 bits per heavy atom. The predicted molar refractivity (Wildman–Crippen MR) is 57.9 cm³/mol. The fourth-order valence-electron chi connectivity index (χ4n) is 1.67. The van der Waals surface area contributed by atoms with Gasteiger partial charge in [0.1, 0.15) is 0 Å². The van der Waals surface area contributed by atoms with Crippen LogP contribution >= 0.6 is 0 Å². The first-order chi connectivity index (χ1) is 6.56. The molecule has 0 saturated carbocycles. The minimum atomic E-state index is -2.83. The van der Waals surface area contributed by atoms with E-state index in [1.807, 2.05) is 6.92 Å². The zero-order valence-corrected chi connectivity index (χ0v) is 9.52. The second-order valence-electron chi connectivity index (χ2n) is 4.03. The highest BCUT2D eigenvalue weighted by molar-refractivity contribution is 7.92. The van der Waals surface area contributed by atoms with E-state index in [2.05, 4.69) is 5.32 Å². The molecule has 0 aromatic heterocycles. The third kappa shape index (κ3) is 3.22. The quantitative estimate of drug-likeness (QED) is 0.693. The average Bonchev–Trinajstić information content (AvgIpc) is 2.15. The summed E-state index contributed by atoms with van der Waals surface area (Å²) in [7, 11) is -2.83. The van der Waals surface area contributed by atoms with Gasteiger partial charge in [-0.05, 0) is 19.8 Å². The molecule has 0 aromatic rings. The lowest BCUT2D eigenvalue weighted by Gasteiger charge is -2.23. The van der Waals surface area contributed by atoms with Crippen molar-refractivity contribution < 1.29 is 8.42 Å². The molecule has 2 atom stereocenters. The average molecular weight is 220 g/mol. The Morgan fingerprint density at radius 1 is 1.50 bits per heavy atom. The van der Waals surface area contributed by atoms with E-state index in [1.54, 1.807) is 0 Å². The monoisotopic (exact) mass is 220 g/mol. The SMILES string of the molecule is C[C@@H](CN)NCC1CCCCS1(=O)=O. The zero-order chi connectivity index (χ0) is 10.6. The maximum Gasteiger partial charge on any atom is 0.154 e. The molecule has 1 rings (SSSR count). The van der Waals surface area contributed by atoms with Crippen LogP contribution in [0.2, 0.25) is 0 Å². The third-order valence-corrected chi connectivity index (χ3v) is 5.04. The van der Waals surface area contributed by atoms with Gasteiger partial charge in [0.25, 0.3) is 0 Å². The number of sulfone groups is 1. The lowest BCUT2D eigenvalue weighted by Crippen LogP contribution is -2.42. The van der Waals surface area contributed by atoms with E-state index < -0.39 is 9.84 Å². The van der Waals surface area contributed by atoms with Crippen LogP contribution in [0.1, 0.15) is 26.2 Å². The number of nitrogens with one attached hydrogen (secondary N) is 1. The lowest BCUT2D eigenvalue weighted by atomic mass is 10.2. The van der Waals surface area contributed by atoms with E-state index in [1.165, 1.54) is 0 Å². The summed E-state index contributed by atoms with van der Waals surface area (Å²) in [5, 5.41) is 2.96. The molecule has 1 aliphatic heterocycles. The van der Waals surface area contributed by atoms with Crippen molar-refractivity contribution in [2.45, 2.75) is 37.5 Å². The molecule has 1 unspecified atom stereocenters. The largest absolute Gasteiger partial charge is 0.329 e. The van der Waals surface area contributed by atoms with E-state index in [0.717, 1.165) is 19.3 Å². The molecule has 0 radical (unpaired) electrons. The second kappa shape index (κ2) is 5.09. The number of rotatable bonds is 4. The van der Waals surface area contributed by atoms with E-state index in [9.17, 15) is 8.42 Å². The van der Waals surface area contributed by atoms with Crippen LogP contribution in [0.4, 0.5) is 0 Å². The maximum absolute atomic E-state index is 11.6. The van der Waals surface area contributed by atoms with Gasteiger partial charge in [-0.1, -0.05) is 6.42 Å². The van der Waals surface area contributed by atoms with Gasteiger partial charge < -0.3 is 11.1 Å². The Kier molecular flexibility index (Phi) is 4.34. The molecule has 0 aromatic carbocycles. The maximum atomic E-state index is 11.6. The molecule has 1 saturated heterocycles. The highest BCUT2D eigenvalue weighted by atomic mass is 32.2. The van der Waals surface area contributed by atoms with E-state index in [0.29, 0.717) is 18.8 Å². The summed E-state index contributed by atoms with van der Waals surface area (Å²) in [4.78, 5) is 0. The van der Waals surface area contributed by atoms with Crippen molar-refractivity contribution in [3.8, 4) is 0 Å². The highest BCUT2D eigenvalue weighted by Gasteiger charge is 2.28. The molecule has 0 bridgehead atoms. The summed E-state index contributed by atoms with van der Waals surface area (Å²) < 4.78 is 23.2. The summed E-state index contributed by atoms with van der Waals surface area (Å²) in [5.41, 5.74) is 5.44. The van der Waals surface area contributed by atoms with E-state index in [-0.39, 0.29) is 11.3 Å². The fourth-order valence-corrected chi connectivity index (χ4v) is 3.48. The topological polar surface area (TPSA) is 72.2 Å². The normalized spacial score (nSPS) is 28.6. The Labute approximate surface area is 86.2 Å². The molecule has 84 valence electrons. The van der Waals surface area contributed by atoms with Crippen LogP contribution in [0.15, 0.2) is 0 Å². The molecule has 0 amide bonds. The van der Waals surface area contributed by atoms with E-state index >= 15 is 0 Å². The molecule has 1 heterocycles. The zero-order valence-electron chi connectivity index (χ0n) is 8.70. The fraction of sp³-hybridized carbons (Fsp3) is 1.00. The van der Waals surface area contributed by atoms with Gasteiger partial charge in [-0.15, -0.1) is 0 Å². The van der Waals surface area contributed by atoms with Crippen molar-refractivity contribution in [2.75, 3.05) is 18.8 Å². The number of hydrogen-bond acceptors (Lipinski definition) is 4. The first-order valence-corrected chi connectivity index (χ1v) is 6.93. The summed E-state index contributed by atoms with van der Waals surface area (Å²) in [6.07, 6.45) is 2.65. The number of hydrogen-bond donors (Lipinski definition) is 2. The summed E-state index contributed by atoms with van der Waals surface area (Å²) >= 11 is 0. The molecule has 0 spiro atoms. The Hall–Kier alpha value is -0.130. The van der Waals surface area contributed by atoms with Crippen LogP contribution in [0.25, 0.3) is 0 Å². The van der Waals surface area contributed by atoms with Crippen LogP contribution in [-0.4, -0.2) is 38.6 Å². The van der Waals surface area contributed by atoms with Gasteiger partial charge in [0.15, 0.2) is 9.84 Å². The lowest BCUT2D eigenvalue weighted by molar-refractivity contribution is 0.493. The van der Waals surface area contributed by atoms with Gasteiger partial charge in [-0.3, -0.25) is 0 Å². The first-order valence-electron chi connectivity index (χ1n) is 5.21. The second-order valence-corrected chi connectivity index (χ2v) is 6.43. The molecule has 1 fully saturated rings. The van der Waals surface area contributed by atoms with Gasteiger partial charge in [-0.25, -0.2) is 8.42 Å². The third-order valence-electron chi connectivity index (χ3n) is 2.76. The molecule has 0 aliphatic carbocycles. The molecule has 1 aliphatic rings. The van der Waals surface area contributed by atoms with Crippen molar-refractivity contribution in [3.05, 3.63) is 0 Å². The summed E-state index contributed by atoms with van der Waals surface area (Å²) in [6, 6.07) is 0.201. The Balaban J connectivity index is 2.42. The molecule has 5 heteroatoms. The first kappa shape index (κ1) is 11.9. The Bertz CT molecular complexity index is 264. The minimum Gasteiger partial charge on any atom is -0.329 e. The molecule has 4 nitrogen and oxygen atoms in total. The van der Waals surface area contributed by atoms with Crippen molar-refractivity contribution in [3.63, 3.8) is 0 Å². The van der Waals surface area contributed by atoms with Gasteiger partial charge in [-0.2, -0.15) is 0 Å². The van der Waals surface area contributed by atoms with Crippen LogP contribution < -0.4 is 11.1 Å². The Morgan fingerprint density at radius 2 is 2.21 bits per heavy atom. The van der Waals surface area contributed by atoms with Gasteiger partial charge in [0.2, 0.25) is 0 Å². The van der Waals surface area contributed by atoms with Gasteiger partial charge >= 0.3 is 0 Å². The van der Waals surface area contributed by atoms with Crippen molar-refractivity contribution in [1.29, 1.82) is 0 Å². The standard InChI is InChI=1S/C9H20N2O2S/c1-8(6-10)11-7-9-4-2-3-5-14(9,12)13/h8-9,11H,2-7,10H2,1H3/t8-,9?/m0/s1.